The summed E-state index contributed by atoms with van der Waals surface area (Å²) in [6.07, 6.45) is 4.47. The minimum Gasteiger partial charge on any atom is -0.481 e. The Morgan fingerprint density at radius 3 is 2.22 bits per heavy atom. The summed E-state index contributed by atoms with van der Waals surface area (Å²) in [5, 5.41) is 8.47. The van der Waals surface area contributed by atoms with Crippen LogP contribution in [0.2, 0.25) is 0 Å². The summed E-state index contributed by atoms with van der Waals surface area (Å²) in [4.78, 5) is 21.9. The SMILES string of the molecule is O=C(O)CCCCCC(=O)CCc1ccccc1. The topological polar surface area (TPSA) is 54.4 Å². The fourth-order valence-electron chi connectivity index (χ4n) is 1.83. The monoisotopic (exact) mass is 248 g/mol. The maximum Gasteiger partial charge on any atom is 0.303 e. The van der Waals surface area contributed by atoms with E-state index in [9.17, 15) is 9.59 Å². The second-order valence-electron chi connectivity index (χ2n) is 4.48. The number of carboxylic acid groups (broad SMARTS) is 1. The van der Waals surface area contributed by atoms with Crippen molar-refractivity contribution in [3.63, 3.8) is 0 Å². The van der Waals surface area contributed by atoms with Gasteiger partial charge in [0.1, 0.15) is 5.78 Å². The Bertz CT molecular complexity index is 371. The molecule has 1 aromatic rings. The summed E-state index contributed by atoms with van der Waals surface area (Å²) >= 11 is 0. The van der Waals surface area contributed by atoms with Crippen molar-refractivity contribution in [3.8, 4) is 0 Å². The number of Topliss-reactive ketones (excluding diaryl/α,β-unsaturated/α-hetero) is 1. The maximum atomic E-state index is 11.6. The van der Waals surface area contributed by atoms with Crippen LogP contribution in [-0.4, -0.2) is 16.9 Å². The Labute approximate surface area is 108 Å². The lowest BCUT2D eigenvalue weighted by Gasteiger charge is -2.01. The minimum atomic E-state index is -0.759. The number of carbonyl (C=O) groups is 2. The van der Waals surface area contributed by atoms with Crippen molar-refractivity contribution in [1.82, 2.24) is 0 Å². The third-order valence-corrected chi connectivity index (χ3v) is 2.88. The van der Waals surface area contributed by atoms with Crippen molar-refractivity contribution in [1.29, 1.82) is 0 Å². The molecular formula is C15H20O3. The van der Waals surface area contributed by atoms with E-state index in [0.717, 1.165) is 19.3 Å². The molecule has 0 unspecified atom stereocenters. The normalized spacial score (nSPS) is 10.2. The minimum absolute atomic E-state index is 0.207. The molecule has 0 spiro atoms. The maximum absolute atomic E-state index is 11.6. The van der Waals surface area contributed by atoms with Gasteiger partial charge in [-0.25, -0.2) is 0 Å². The van der Waals surface area contributed by atoms with Crippen LogP contribution in [0.3, 0.4) is 0 Å². The zero-order valence-corrected chi connectivity index (χ0v) is 10.6. The molecule has 1 rings (SSSR count). The van der Waals surface area contributed by atoms with E-state index in [-0.39, 0.29) is 12.2 Å². The molecule has 0 bridgehead atoms. The number of aryl methyl sites for hydroxylation is 1. The molecule has 98 valence electrons. The summed E-state index contributed by atoms with van der Waals surface area (Å²) in [5.41, 5.74) is 1.19. The number of aliphatic carboxylic acids is 1. The van der Waals surface area contributed by atoms with E-state index in [0.29, 0.717) is 19.3 Å². The number of carboxylic acids is 1. The Hall–Kier alpha value is -1.64. The molecule has 1 aromatic carbocycles. The van der Waals surface area contributed by atoms with Crippen molar-refractivity contribution in [2.45, 2.75) is 44.9 Å². The summed E-state index contributed by atoms with van der Waals surface area (Å²) in [6.45, 7) is 0. The molecule has 0 aliphatic rings. The molecule has 0 heterocycles. The Kier molecular flexibility index (Phi) is 6.77. The molecule has 0 fully saturated rings. The van der Waals surface area contributed by atoms with Crippen LogP contribution in [-0.2, 0) is 16.0 Å². The molecule has 0 radical (unpaired) electrons. The number of rotatable bonds is 9. The zero-order valence-electron chi connectivity index (χ0n) is 10.6. The first-order valence-electron chi connectivity index (χ1n) is 6.46. The van der Waals surface area contributed by atoms with E-state index < -0.39 is 5.97 Å². The second kappa shape index (κ2) is 8.45. The number of ketones is 1. The molecule has 0 atom stereocenters. The van der Waals surface area contributed by atoms with Gasteiger partial charge in [-0.05, 0) is 24.8 Å². The first-order valence-corrected chi connectivity index (χ1v) is 6.46. The van der Waals surface area contributed by atoms with Crippen LogP contribution in [0.25, 0.3) is 0 Å². The zero-order chi connectivity index (χ0) is 13.2. The van der Waals surface area contributed by atoms with Crippen molar-refractivity contribution in [2.75, 3.05) is 0 Å². The average Bonchev–Trinajstić information content (AvgIpc) is 2.37. The lowest BCUT2D eigenvalue weighted by Crippen LogP contribution is -2.00. The predicted molar refractivity (Wildman–Crippen MR) is 70.5 cm³/mol. The fourth-order valence-corrected chi connectivity index (χ4v) is 1.83. The average molecular weight is 248 g/mol. The Balaban J connectivity index is 2.06. The van der Waals surface area contributed by atoms with E-state index >= 15 is 0 Å². The van der Waals surface area contributed by atoms with Gasteiger partial charge in [-0.3, -0.25) is 9.59 Å². The molecule has 0 aromatic heterocycles. The highest BCUT2D eigenvalue weighted by atomic mass is 16.4. The highest BCUT2D eigenvalue weighted by molar-refractivity contribution is 5.78. The summed E-state index contributed by atoms with van der Waals surface area (Å²) in [7, 11) is 0. The van der Waals surface area contributed by atoms with Crippen LogP contribution < -0.4 is 0 Å². The molecule has 0 amide bonds. The van der Waals surface area contributed by atoms with Gasteiger partial charge in [0, 0.05) is 19.3 Å². The van der Waals surface area contributed by atoms with Gasteiger partial charge in [-0.2, -0.15) is 0 Å². The molecule has 0 aliphatic carbocycles. The quantitative estimate of drug-likeness (QED) is 0.683. The van der Waals surface area contributed by atoms with Crippen molar-refractivity contribution in [3.05, 3.63) is 35.9 Å². The Morgan fingerprint density at radius 2 is 1.56 bits per heavy atom. The van der Waals surface area contributed by atoms with Crippen LogP contribution in [0.15, 0.2) is 30.3 Å². The van der Waals surface area contributed by atoms with Gasteiger partial charge in [0.25, 0.3) is 0 Å². The van der Waals surface area contributed by atoms with Crippen LogP contribution in [0.5, 0.6) is 0 Å². The van der Waals surface area contributed by atoms with Crippen LogP contribution in [0.1, 0.15) is 44.1 Å². The van der Waals surface area contributed by atoms with Gasteiger partial charge < -0.3 is 5.11 Å². The third-order valence-electron chi connectivity index (χ3n) is 2.88. The molecule has 3 nitrogen and oxygen atoms in total. The summed E-state index contributed by atoms with van der Waals surface area (Å²) in [6, 6.07) is 9.98. The number of hydrogen-bond donors (Lipinski definition) is 1. The van der Waals surface area contributed by atoms with E-state index in [1.165, 1.54) is 5.56 Å². The van der Waals surface area contributed by atoms with Crippen molar-refractivity contribution in [2.24, 2.45) is 0 Å². The number of benzene rings is 1. The Morgan fingerprint density at radius 1 is 0.889 bits per heavy atom. The standard InChI is InChI=1S/C15H20O3/c16-14(9-5-2-6-10-15(17)18)12-11-13-7-3-1-4-8-13/h1,3-4,7-8H,2,5-6,9-12H2,(H,17,18). The molecule has 0 aliphatic heterocycles. The fraction of sp³-hybridized carbons (Fsp3) is 0.467. The van der Waals surface area contributed by atoms with Gasteiger partial charge in [0.15, 0.2) is 0 Å². The second-order valence-corrected chi connectivity index (χ2v) is 4.48. The van der Waals surface area contributed by atoms with Gasteiger partial charge in [0.2, 0.25) is 0 Å². The van der Waals surface area contributed by atoms with Crippen molar-refractivity contribution < 1.29 is 14.7 Å². The van der Waals surface area contributed by atoms with Gasteiger partial charge in [-0.1, -0.05) is 36.8 Å². The summed E-state index contributed by atoms with van der Waals surface area (Å²) in [5.74, 6) is -0.486. The van der Waals surface area contributed by atoms with Crippen LogP contribution in [0, 0.1) is 0 Å². The predicted octanol–water partition coefficient (Wildman–Crippen LogP) is 3.22. The lowest BCUT2D eigenvalue weighted by atomic mass is 10.0. The molecule has 1 N–H and O–H groups in total. The third kappa shape index (κ3) is 6.84. The number of carbonyl (C=O) groups excluding carboxylic acids is 1. The van der Waals surface area contributed by atoms with Gasteiger partial charge >= 0.3 is 5.97 Å². The van der Waals surface area contributed by atoms with Crippen molar-refractivity contribution >= 4 is 11.8 Å². The first-order chi connectivity index (χ1) is 8.68. The number of unbranched alkanes of at least 4 members (excludes halogenated alkanes) is 2. The molecular weight excluding hydrogens is 228 g/mol. The highest BCUT2D eigenvalue weighted by Crippen LogP contribution is 2.08. The smallest absolute Gasteiger partial charge is 0.303 e. The van der Waals surface area contributed by atoms with E-state index in [4.69, 9.17) is 5.11 Å². The summed E-state index contributed by atoms with van der Waals surface area (Å²) < 4.78 is 0. The highest BCUT2D eigenvalue weighted by Gasteiger charge is 2.03. The van der Waals surface area contributed by atoms with E-state index in [1.54, 1.807) is 0 Å². The van der Waals surface area contributed by atoms with Gasteiger partial charge in [0.05, 0.1) is 0 Å². The molecule has 0 saturated carbocycles. The molecule has 3 heteroatoms. The number of hydrogen-bond acceptors (Lipinski definition) is 2. The van der Waals surface area contributed by atoms with E-state index in [2.05, 4.69) is 0 Å². The largest absolute Gasteiger partial charge is 0.481 e. The van der Waals surface area contributed by atoms with Gasteiger partial charge in [-0.15, -0.1) is 0 Å². The van der Waals surface area contributed by atoms with Crippen LogP contribution in [0.4, 0.5) is 0 Å². The molecule has 18 heavy (non-hydrogen) atoms. The van der Waals surface area contributed by atoms with Crippen LogP contribution >= 0.6 is 0 Å². The lowest BCUT2D eigenvalue weighted by molar-refractivity contribution is -0.137. The molecule has 0 saturated heterocycles. The first kappa shape index (κ1) is 14.4. The van der Waals surface area contributed by atoms with E-state index in [1.807, 2.05) is 30.3 Å².